The van der Waals surface area contributed by atoms with Crippen LogP contribution in [-0.4, -0.2) is 49.6 Å². The van der Waals surface area contributed by atoms with Crippen molar-refractivity contribution in [3.63, 3.8) is 0 Å². The van der Waals surface area contributed by atoms with Crippen LogP contribution in [0.15, 0.2) is 24.3 Å². The first-order chi connectivity index (χ1) is 17.1. The number of hydrogen-bond donors (Lipinski definition) is 2. The average Bonchev–Trinajstić information content (AvgIpc) is 2.83. The summed E-state index contributed by atoms with van der Waals surface area (Å²) in [5.41, 5.74) is 4.28. The number of benzene rings is 2. The lowest BCUT2D eigenvalue weighted by Crippen LogP contribution is -2.33. The summed E-state index contributed by atoms with van der Waals surface area (Å²) in [6.07, 6.45) is -5.14. The number of nitrogens with two attached hydrogens (primary N) is 1. The number of nitrogens with one attached hydrogen (secondary N) is 1. The minimum Gasteiger partial charge on any atom is -0.493 e. The molecular formula is C24H26F4N4O4. The number of anilines is 2. The lowest BCUT2D eigenvalue weighted by atomic mass is 10.0. The van der Waals surface area contributed by atoms with Gasteiger partial charge in [0.05, 0.1) is 44.1 Å². The van der Waals surface area contributed by atoms with Crippen LogP contribution in [0.3, 0.4) is 0 Å². The smallest absolute Gasteiger partial charge is 0.419 e. The molecule has 0 amide bonds. The summed E-state index contributed by atoms with van der Waals surface area (Å²) >= 11 is 0. The second-order valence-electron chi connectivity index (χ2n) is 8.35. The summed E-state index contributed by atoms with van der Waals surface area (Å²) in [5.74, 6) is 0.0897. The first-order valence-electron chi connectivity index (χ1n) is 11.2. The fraction of sp³-hybridized carbons (Fsp3) is 0.417. The van der Waals surface area contributed by atoms with Gasteiger partial charge in [-0.3, -0.25) is 0 Å². The Labute approximate surface area is 204 Å². The van der Waals surface area contributed by atoms with Crippen molar-refractivity contribution in [2.45, 2.75) is 32.2 Å². The third kappa shape index (κ3) is 5.54. The van der Waals surface area contributed by atoms with E-state index in [0.29, 0.717) is 54.1 Å². The summed E-state index contributed by atoms with van der Waals surface area (Å²) in [6, 6.07) is 4.15. The number of halogens is 4. The summed E-state index contributed by atoms with van der Waals surface area (Å²) < 4.78 is 77.1. The first kappa shape index (κ1) is 25.7. The molecule has 12 heteroatoms. The number of methoxy groups -OCH3 is 1. The van der Waals surface area contributed by atoms with Crippen LogP contribution in [0.4, 0.5) is 29.1 Å². The minimum atomic E-state index is -4.89. The lowest BCUT2D eigenvalue weighted by molar-refractivity contribution is -0.140. The van der Waals surface area contributed by atoms with Crippen molar-refractivity contribution >= 4 is 22.4 Å². The molecule has 8 nitrogen and oxygen atoms in total. The van der Waals surface area contributed by atoms with Crippen LogP contribution in [0, 0.1) is 12.7 Å². The second kappa shape index (κ2) is 10.3. The third-order valence-electron chi connectivity index (χ3n) is 5.65. The van der Waals surface area contributed by atoms with Crippen molar-refractivity contribution in [2.24, 2.45) is 0 Å². The van der Waals surface area contributed by atoms with Gasteiger partial charge in [-0.1, -0.05) is 0 Å². The number of alkyl halides is 3. The van der Waals surface area contributed by atoms with E-state index in [1.165, 1.54) is 20.1 Å². The number of hydrogen-bond acceptors (Lipinski definition) is 8. The predicted molar refractivity (Wildman–Crippen MR) is 125 cm³/mol. The highest BCUT2D eigenvalue weighted by atomic mass is 19.4. The number of nitrogens with zero attached hydrogens (tertiary/aromatic N) is 2. The topological polar surface area (TPSA) is 101 Å². The highest BCUT2D eigenvalue weighted by molar-refractivity contribution is 5.92. The molecule has 1 fully saturated rings. The molecule has 4 rings (SSSR count). The first-order valence-corrected chi connectivity index (χ1v) is 11.2. The Kier molecular flexibility index (Phi) is 7.36. The molecule has 0 saturated carbocycles. The van der Waals surface area contributed by atoms with E-state index in [9.17, 15) is 17.6 Å². The van der Waals surface area contributed by atoms with Gasteiger partial charge in [-0.25, -0.2) is 14.4 Å². The maximum atomic E-state index is 14.8. The van der Waals surface area contributed by atoms with Gasteiger partial charge in [0.15, 0.2) is 11.5 Å². The van der Waals surface area contributed by atoms with Crippen LogP contribution in [-0.2, 0) is 15.7 Å². The highest BCUT2D eigenvalue weighted by Gasteiger charge is 2.36. The molecule has 2 aromatic carbocycles. The highest BCUT2D eigenvalue weighted by Crippen LogP contribution is 2.38. The molecule has 1 aliphatic heterocycles. The Bertz CT molecular complexity index is 1250. The van der Waals surface area contributed by atoms with Crippen LogP contribution in [0.5, 0.6) is 11.5 Å². The van der Waals surface area contributed by atoms with Gasteiger partial charge in [0.2, 0.25) is 0 Å². The van der Waals surface area contributed by atoms with Crippen molar-refractivity contribution in [1.29, 1.82) is 0 Å². The molecule has 0 aliphatic carbocycles. The van der Waals surface area contributed by atoms with Crippen molar-refractivity contribution in [3.05, 3.63) is 47.0 Å². The summed E-state index contributed by atoms with van der Waals surface area (Å²) in [7, 11) is 1.49. The molecule has 2 atom stereocenters. The van der Waals surface area contributed by atoms with Crippen molar-refractivity contribution in [2.75, 3.05) is 44.6 Å². The Balaban J connectivity index is 1.69. The van der Waals surface area contributed by atoms with E-state index in [1.54, 1.807) is 19.1 Å². The van der Waals surface area contributed by atoms with Gasteiger partial charge in [-0.05, 0) is 32.0 Å². The Hall–Kier alpha value is -3.38. The number of ether oxygens (including phenoxy) is 4. The fourth-order valence-electron chi connectivity index (χ4n) is 3.92. The average molecular weight is 510 g/mol. The van der Waals surface area contributed by atoms with Crippen LogP contribution in [0.1, 0.15) is 29.9 Å². The number of aromatic nitrogens is 2. The van der Waals surface area contributed by atoms with Gasteiger partial charge >= 0.3 is 6.18 Å². The molecule has 1 aromatic heterocycles. The van der Waals surface area contributed by atoms with E-state index in [4.69, 9.17) is 24.7 Å². The van der Waals surface area contributed by atoms with Gasteiger partial charge < -0.3 is 30.0 Å². The molecule has 3 aromatic rings. The summed E-state index contributed by atoms with van der Waals surface area (Å²) in [5, 5.41) is 3.51. The van der Waals surface area contributed by atoms with E-state index in [1.807, 2.05) is 0 Å². The lowest BCUT2D eigenvalue weighted by Gasteiger charge is -2.23. The van der Waals surface area contributed by atoms with Crippen LogP contribution < -0.4 is 20.5 Å². The Morgan fingerprint density at radius 3 is 2.61 bits per heavy atom. The molecule has 0 bridgehead atoms. The van der Waals surface area contributed by atoms with E-state index >= 15 is 0 Å². The van der Waals surface area contributed by atoms with E-state index in [-0.39, 0.29) is 29.8 Å². The number of nitrogen functional groups attached to an aromatic ring is 1. The molecular weight excluding hydrogens is 484 g/mol. The zero-order valence-corrected chi connectivity index (χ0v) is 19.9. The van der Waals surface area contributed by atoms with Crippen molar-refractivity contribution < 1.29 is 36.5 Å². The van der Waals surface area contributed by atoms with E-state index < -0.39 is 23.6 Å². The maximum Gasteiger partial charge on any atom is 0.419 e. The van der Waals surface area contributed by atoms with Gasteiger partial charge in [-0.2, -0.15) is 13.2 Å². The van der Waals surface area contributed by atoms with Crippen LogP contribution >= 0.6 is 0 Å². The number of aryl methyl sites for hydroxylation is 1. The Morgan fingerprint density at radius 1 is 1.17 bits per heavy atom. The normalized spacial score (nSPS) is 17.1. The SMILES string of the molecule is COc1cc2nc(C)nc(N[C@H](C)c3cc(N)cc(C(F)(F)F)c3F)c2cc1OC[C@@H]1COCCO1. The van der Waals surface area contributed by atoms with Crippen molar-refractivity contribution in [3.8, 4) is 11.5 Å². The van der Waals surface area contributed by atoms with Crippen LogP contribution in [0.25, 0.3) is 10.9 Å². The number of rotatable bonds is 7. The van der Waals surface area contributed by atoms with Gasteiger partial charge in [0.1, 0.15) is 30.2 Å². The quantitative estimate of drug-likeness (QED) is 0.350. The largest absolute Gasteiger partial charge is 0.493 e. The van der Waals surface area contributed by atoms with Crippen LogP contribution in [0.2, 0.25) is 0 Å². The monoisotopic (exact) mass is 510 g/mol. The molecule has 2 heterocycles. The summed E-state index contributed by atoms with van der Waals surface area (Å²) in [6.45, 7) is 4.78. The molecule has 1 saturated heterocycles. The molecule has 0 radical (unpaired) electrons. The van der Waals surface area contributed by atoms with Crippen molar-refractivity contribution in [1.82, 2.24) is 9.97 Å². The minimum absolute atomic E-state index is 0.203. The standard InChI is InChI=1S/C24H26F4N4O4/c1-12(16-6-14(29)7-18(22(16)25)24(26,27)28)30-23-17-8-21(36-11-15-10-34-4-5-35-15)20(33-3)9-19(17)31-13(2)32-23/h6-9,12,15H,4-5,10-11,29H2,1-3H3,(H,30,31,32)/t12-,15+/m1/s1. The van der Waals surface area contributed by atoms with E-state index in [0.717, 1.165) is 0 Å². The van der Waals surface area contributed by atoms with E-state index in [2.05, 4.69) is 15.3 Å². The molecule has 0 unspecified atom stereocenters. The maximum absolute atomic E-state index is 14.8. The fourth-order valence-corrected chi connectivity index (χ4v) is 3.92. The third-order valence-corrected chi connectivity index (χ3v) is 5.65. The summed E-state index contributed by atoms with van der Waals surface area (Å²) in [4.78, 5) is 8.82. The van der Waals surface area contributed by atoms with Gasteiger partial charge in [-0.15, -0.1) is 0 Å². The number of fused-ring (bicyclic) bond motifs is 1. The second-order valence-corrected chi connectivity index (χ2v) is 8.35. The molecule has 194 valence electrons. The molecule has 0 spiro atoms. The molecule has 3 N–H and O–H groups in total. The van der Waals surface area contributed by atoms with Gasteiger partial charge in [0, 0.05) is 22.7 Å². The predicted octanol–water partition coefficient (Wildman–Crippen LogP) is 4.65. The van der Waals surface area contributed by atoms with Gasteiger partial charge in [0.25, 0.3) is 0 Å². The zero-order valence-electron chi connectivity index (χ0n) is 19.9. The zero-order chi connectivity index (χ0) is 26.0. The Morgan fingerprint density at radius 2 is 1.94 bits per heavy atom. The molecule has 36 heavy (non-hydrogen) atoms. The molecule has 1 aliphatic rings.